The van der Waals surface area contributed by atoms with Crippen LogP contribution in [0.1, 0.15) is 51.1 Å². The molecule has 1 spiro atoms. The van der Waals surface area contributed by atoms with Crippen LogP contribution in [0.5, 0.6) is 5.75 Å². The Balaban J connectivity index is 1.98. The molecule has 4 atom stereocenters. The van der Waals surface area contributed by atoms with E-state index in [1.54, 1.807) is 6.07 Å². The Kier molecular flexibility index (Phi) is 3.05. The molecule has 1 heterocycles. The molecular formula is C16H22FNO. The standard InChI is InChI=1S/C16H22FNO/c1-10-4-3-7-16(11(10)2)9-14(18)13-8-12(17)5-6-15(13)19-16/h5-6,8,10-11,14H,3-4,7,9,18H2,1-2H3/t10?,11?,14-,16?/m0/s1. The molecule has 19 heavy (non-hydrogen) atoms. The summed E-state index contributed by atoms with van der Waals surface area (Å²) in [5, 5.41) is 0. The zero-order valence-corrected chi connectivity index (χ0v) is 11.7. The molecule has 0 aromatic heterocycles. The SMILES string of the molecule is CC1CCCC2(C[C@H](N)c3cc(F)ccc3O2)C1C. The minimum absolute atomic E-state index is 0.118. The van der Waals surface area contributed by atoms with Crippen LogP contribution in [-0.4, -0.2) is 5.60 Å². The molecule has 1 aliphatic carbocycles. The van der Waals surface area contributed by atoms with E-state index in [4.69, 9.17) is 10.5 Å². The van der Waals surface area contributed by atoms with Crippen molar-refractivity contribution in [3.8, 4) is 5.75 Å². The topological polar surface area (TPSA) is 35.2 Å². The van der Waals surface area contributed by atoms with Crippen molar-refractivity contribution in [1.82, 2.24) is 0 Å². The lowest BCUT2D eigenvalue weighted by Gasteiger charge is -2.49. The Morgan fingerprint density at radius 2 is 2.16 bits per heavy atom. The molecule has 0 radical (unpaired) electrons. The monoisotopic (exact) mass is 263 g/mol. The van der Waals surface area contributed by atoms with Crippen LogP contribution >= 0.6 is 0 Å². The second-order valence-electron chi connectivity index (χ2n) is 6.32. The highest BCUT2D eigenvalue weighted by Gasteiger charge is 2.47. The van der Waals surface area contributed by atoms with Crippen LogP contribution < -0.4 is 10.5 Å². The first-order chi connectivity index (χ1) is 9.02. The zero-order chi connectivity index (χ0) is 13.6. The van der Waals surface area contributed by atoms with Crippen LogP contribution in [0.4, 0.5) is 4.39 Å². The van der Waals surface area contributed by atoms with Crippen molar-refractivity contribution < 1.29 is 9.13 Å². The number of rotatable bonds is 0. The number of fused-ring (bicyclic) bond motifs is 1. The lowest BCUT2D eigenvalue weighted by atomic mass is 9.66. The first kappa shape index (κ1) is 12.9. The highest BCUT2D eigenvalue weighted by Crippen LogP contribution is 2.49. The van der Waals surface area contributed by atoms with E-state index >= 15 is 0 Å². The van der Waals surface area contributed by atoms with Gasteiger partial charge < -0.3 is 10.5 Å². The largest absolute Gasteiger partial charge is 0.487 e. The smallest absolute Gasteiger partial charge is 0.125 e. The average Bonchev–Trinajstić information content (AvgIpc) is 2.37. The summed E-state index contributed by atoms with van der Waals surface area (Å²) in [5.74, 6) is 1.69. The van der Waals surface area contributed by atoms with Gasteiger partial charge in [-0.2, -0.15) is 0 Å². The van der Waals surface area contributed by atoms with Crippen molar-refractivity contribution >= 4 is 0 Å². The zero-order valence-electron chi connectivity index (χ0n) is 11.7. The second-order valence-corrected chi connectivity index (χ2v) is 6.32. The van der Waals surface area contributed by atoms with Gasteiger partial charge in [0.2, 0.25) is 0 Å². The molecule has 1 fully saturated rings. The Bertz CT molecular complexity index is 490. The van der Waals surface area contributed by atoms with E-state index in [0.717, 1.165) is 24.2 Å². The van der Waals surface area contributed by atoms with Crippen LogP contribution in [-0.2, 0) is 0 Å². The van der Waals surface area contributed by atoms with Gasteiger partial charge in [0.1, 0.15) is 17.2 Å². The summed E-state index contributed by atoms with van der Waals surface area (Å²) < 4.78 is 19.7. The maximum Gasteiger partial charge on any atom is 0.125 e. The van der Waals surface area contributed by atoms with Gasteiger partial charge in [-0.25, -0.2) is 4.39 Å². The van der Waals surface area contributed by atoms with Gasteiger partial charge in [0.05, 0.1) is 0 Å². The molecule has 2 nitrogen and oxygen atoms in total. The summed E-state index contributed by atoms with van der Waals surface area (Å²) in [6, 6.07) is 4.59. The first-order valence-electron chi connectivity index (χ1n) is 7.26. The predicted molar refractivity (Wildman–Crippen MR) is 73.5 cm³/mol. The molecule has 3 rings (SSSR count). The summed E-state index contributed by atoms with van der Waals surface area (Å²) in [7, 11) is 0. The summed E-state index contributed by atoms with van der Waals surface area (Å²) in [4.78, 5) is 0. The van der Waals surface area contributed by atoms with Crippen LogP contribution in [0.3, 0.4) is 0 Å². The van der Waals surface area contributed by atoms with Crippen molar-refractivity contribution in [3.63, 3.8) is 0 Å². The van der Waals surface area contributed by atoms with E-state index in [9.17, 15) is 4.39 Å². The minimum Gasteiger partial charge on any atom is -0.487 e. The molecule has 1 aromatic carbocycles. The Morgan fingerprint density at radius 3 is 2.95 bits per heavy atom. The Hall–Kier alpha value is -1.09. The van der Waals surface area contributed by atoms with Gasteiger partial charge in [0, 0.05) is 18.0 Å². The van der Waals surface area contributed by atoms with Crippen LogP contribution in [0.2, 0.25) is 0 Å². The van der Waals surface area contributed by atoms with Crippen molar-refractivity contribution in [2.24, 2.45) is 17.6 Å². The van der Waals surface area contributed by atoms with Crippen molar-refractivity contribution in [2.45, 2.75) is 51.2 Å². The first-order valence-corrected chi connectivity index (χ1v) is 7.26. The fourth-order valence-electron chi connectivity index (χ4n) is 3.80. The Labute approximate surface area is 114 Å². The molecule has 1 aliphatic heterocycles. The molecule has 3 heteroatoms. The molecular weight excluding hydrogens is 241 g/mol. The van der Waals surface area contributed by atoms with Gasteiger partial charge in [0.25, 0.3) is 0 Å². The molecule has 0 saturated heterocycles. The highest BCUT2D eigenvalue weighted by atomic mass is 19.1. The van der Waals surface area contributed by atoms with E-state index in [1.165, 1.54) is 25.0 Å². The average molecular weight is 263 g/mol. The normalized spacial score (nSPS) is 37.8. The van der Waals surface area contributed by atoms with Crippen molar-refractivity contribution in [1.29, 1.82) is 0 Å². The lowest BCUT2D eigenvalue weighted by molar-refractivity contribution is -0.0615. The third kappa shape index (κ3) is 2.04. The van der Waals surface area contributed by atoms with Gasteiger partial charge in [-0.15, -0.1) is 0 Å². The molecule has 3 unspecified atom stereocenters. The van der Waals surface area contributed by atoms with Crippen LogP contribution in [0.15, 0.2) is 18.2 Å². The molecule has 0 amide bonds. The maximum atomic E-state index is 13.3. The van der Waals surface area contributed by atoms with Crippen LogP contribution in [0, 0.1) is 17.7 Å². The summed E-state index contributed by atoms with van der Waals surface area (Å²) in [5.41, 5.74) is 6.95. The lowest BCUT2D eigenvalue weighted by Crippen LogP contribution is -2.52. The predicted octanol–water partition coefficient (Wildman–Crippen LogP) is 3.80. The number of ether oxygens (including phenoxy) is 1. The van der Waals surface area contributed by atoms with E-state index in [-0.39, 0.29) is 17.5 Å². The molecule has 1 aromatic rings. The minimum atomic E-state index is -0.237. The summed E-state index contributed by atoms with van der Waals surface area (Å²) in [6.45, 7) is 4.56. The fraction of sp³-hybridized carbons (Fsp3) is 0.625. The van der Waals surface area contributed by atoms with Crippen molar-refractivity contribution in [2.75, 3.05) is 0 Å². The number of nitrogens with two attached hydrogens (primary N) is 1. The van der Waals surface area contributed by atoms with Gasteiger partial charge in [-0.3, -0.25) is 0 Å². The van der Waals surface area contributed by atoms with E-state index in [0.29, 0.717) is 11.8 Å². The van der Waals surface area contributed by atoms with Gasteiger partial charge in [-0.1, -0.05) is 20.3 Å². The highest BCUT2D eigenvalue weighted by molar-refractivity contribution is 5.39. The fourth-order valence-corrected chi connectivity index (χ4v) is 3.80. The number of halogens is 1. The molecule has 2 aliphatic rings. The van der Waals surface area contributed by atoms with Crippen molar-refractivity contribution in [3.05, 3.63) is 29.6 Å². The van der Waals surface area contributed by atoms with Gasteiger partial charge >= 0.3 is 0 Å². The molecule has 1 saturated carbocycles. The van der Waals surface area contributed by atoms with E-state index in [1.807, 2.05) is 0 Å². The summed E-state index contributed by atoms with van der Waals surface area (Å²) in [6.07, 6.45) is 4.31. The third-order valence-corrected chi connectivity index (χ3v) is 5.19. The molecule has 104 valence electrons. The number of benzene rings is 1. The molecule has 0 bridgehead atoms. The van der Waals surface area contributed by atoms with E-state index in [2.05, 4.69) is 13.8 Å². The third-order valence-electron chi connectivity index (χ3n) is 5.19. The summed E-state index contributed by atoms with van der Waals surface area (Å²) >= 11 is 0. The van der Waals surface area contributed by atoms with E-state index < -0.39 is 0 Å². The van der Waals surface area contributed by atoms with Crippen LogP contribution in [0.25, 0.3) is 0 Å². The molecule has 2 N–H and O–H groups in total. The van der Waals surface area contributed by atoms with Gasteiger partial charge in [-0.05, 0) is 42.9 Å². The number of hydrogen-bond donors (Lipinski definition) is 1. The maximum absolute atomic E-state index is 13.3. The Morgan fingerprint density at radius 1 is 1.37 bits per heavy atom. The quantitative estimate of drug-likeness (QED) is 0.772. The number of hydrogen-bond acceptors (Lipinski definition) is 2. The van der Waals surface area contributed by atoms with Gasteiger partial charge in [0.15, 0.2) is 0 Å². The second kappa shape index (κ2) is 4.48.